The largest absolute Gasteiger partial charge is 0.387 e. The van der Waals surface area contributed by atoms with Crippen molar-refractivity contribution in [2.75, 3.05) is 27.2 Å². The van der Waals surface area contributed by atoms with Gasteiger partial charge in [-0.1, -0.05) is 52.4 Å². The normalized spacial score (nSPS) is 13.9. The molecule has 0 bridgehead atoms. The third-order valence-electron chi connectivity index (χ3n) is 3.78. The first kappa shape index (κ1) is 19.4. The van der Waals surface area contributed by atoms with Crippen LogP contribution in [0.4, 0.5) is 0 Å². The van der Waals surface area contributed by atoms with E-state index in [4.69, 9.17) is 5.73 Å². The quantitative estimate of drug-likeness (QED) is 0.314. The molecule has 3 heteroatoms. The van der Waals surface area contributed by atoms with Gasteiger partial charge in [0.05, 0.1) is 5.84 Å². The number of unbranched alkanes of at least 4 members (excludes halogenated alkanes) is 4. The van der Waals surface area contributed by atoms with Gasteiger partial charge in [0, 0.05) is 19.5 Å². The fourth-order valence-corrected chi connectivity index (χ4v) is 2.44. The summed E-state index contributed by atoms with van der Waals surface area (Å²) >= 11 is 0. The summed E-state index contributed by atoms with van der Waals surface area (Å²) in [6.07, 6.45) is 11.6. The van der Waals surface area contributed by atoms with Crippen molar-refractivity contribution in [3.05, 3.63) is 0 Å². The summed E-state index contributed by atoms with van der Waals surface area (Å²) in [7, 11) is 4.15. The summed E-state index contributed by atoms with van der Waals surface area (Å²) < 4.78 is 0. The minimum Gasteiger partial charge on any atom is -0.387 e. The summed E-state index contributed by atoms with van der Waals surface area (Å²) in [4.78, 5) is 6.75. The maximum absolute atomic E-state index is 5.98. The van der Waals surface area contributed by atoms with Gasteiger partial charge in [0.2, 0.25) is 0 Å². The van der Waals surface area contributed by atoms with Crippen LogP contribution in [0.25, 0.3) is 0 Å². The predicted octanol–water partition coefficient (Wildman–Crippen LogP) is 4.07. The Morgan fingerprint density at radius 3 is 2.30 bits per heavy atom. The maximum Gasteiger partial charge on any atom is 0.0950 e. The molecule has 0 saturated heterocycles. The lowest BCUT2D eigenvalue weighted by molar-refractivity contribution is 0.418. The zero-order valence-electron chi connectivity index (χ0n) is 14.3. The van der Waals surface area contributed by atoms with Crippen molar-refractivity contribution in [2.45, 2.75) is 71.6 Å². The molecule has 1 atom stereocenters. The fourth-order valence-electron chi connectivity index (χ4n) is 2.44. The third kappa shape index (κ3) is 12.5. The molecule has 120 valence electrons. The monoisotopic (exact) mass is 283 g/mol. The first-order chi connectivity index (χ1) is 9.60. The van der Waals surface area contributed by atoms with Crippen molar-refractivity contribution in [1.82, 2.24) is 4.90 Å². The molecule has 20 heavy (non-hydrogen) atoms. The molecule has 1 unspecified atom stereocenters. The van der Waals surface area contributed by atoms with Gasteiger partial charge in [-0.05, 0) is 32.9 Å². The Bertz CT molecular complexity index is 236. The second kappa shape index (κ2) is 13.4. The molecule has 0 aliphatic carbocycles. The standard InChI is InChI=1S/C17H37N3/c1-5-7-8-9-10-12-16(11-6-2)15-19-17(18)13-14-20(3)4/h16H,5-15H2,1-4H3,(H2,18,19). The maximum atomic E-state index is 5.98. The van der Waals surface area contributed by atoms with Crippen LogP contribution in [0, 0.1) is 5.92 Å². The van der Waals surface area contributed by atoms with E-state index >= 15 is 0 Å². The van der Waals surface area contributed by atoms with Gasteiger partial charge in [-0.25, -0.2) is 0 Å². The van der Waals surface area contributed by atoms with Crippen LogP contribution in [-0.2, 0) is 0 Å². The highest BCUT2D eigenvalue weighted by atomic mass is 15.1. The highest BCUT2D eigenvalue weighted by molar-refractivity contribution is 5.80. The molecule has 0 amide bonds. The molecule has 0 aromatic heterocycles. The van der Waals surface area contributed by atoms with Crippen LogP contribution in [0.5, 0.6) is 0 Å². The van der Waals surface area contributed by atoms with Crippen LogP contribution in [0.2, 0.25) is 0 Å². The van der Waals surface area contributed by atoms with E-state index in [0.717, 1.165) is 31.3 Å². The number of aliphatic imine (C=N–C) groups is 1. The Balaban J connectivity index is 3.90. The molecule has 3 nitrogen and oxygen atoms in total. The first-order valence-corrected chi connectivity index (χ1v) is 8.53. The minimum absolute atomic E-state index is 0.736. The summed E-state index contributed by atoms with van der Waals surface area (Å²) in [5.74, 6) is 1.56. The van der Waals surface area contributed by atoms with Gasteiger partial charge < -0.3 is 10.6 Å². The Morgan fingerprint density at radius 1 is 1.00 bits per heavy atom. The second-order valence-corrected chi connectivity index (χ2v) is 6.24. The summed E-state index contributed by atoms with van der Waals surface area (Å²) in [5, 5.41) is 0. The van der Waals surface area contributed by atoms with Crippen molar-refractivity contribution in [1.29, 1.82) is 0 Å². The number of amidine groups is 1. The van der Waals surface area contributed by atoms with Gasteiger partial charge in [0.25, 0.3) is 0 Å². The molecular weight excluding hydrogens is 246 g/mol. The molecule has 0 heterocycles. The van der Waals surface area contributed by atoms with Gasteiger partial charge >= 0.3 is 0 Å². The summed E-state index contributed by atoms with van der Waals surface area (Å²) in [6.45, 7) is 6.46. The number of nitrogens with zero attached hydrogens (tertiary/aromatic N) is 2. The van der Waals surface area contributed by atoms with Gasteiger partial charge in [0.15, 0.2) is 0 Å². The van der Waals surface area contributed by atoms with Gasteiger partial charge in [-0.2, -0.15) is 0 Å². The van der Waals surface area contributed by atoms with E-state index < -0.39 is 0 Å². The lowest BCUT2D eigenvalue weighted by atomic mass is 9.96. The number of hydrogen-bond acceptors (Lipinski definition) is 2. The number of nitrogens with two attached hydrogens (primary N) is 1. The summed E-state index contributed by atoms with van der Waals surface area (Å²) in [6, 6.07) is 0. The number of rotatable bonds is 13. The Labute approximate surface area is 127 Å². The van der Waals surface area contributed by atoms with Gasteiger partial charge in [-0.3, -0.25) is 4.99 Å². The minimum atomic E-state index is 0.736. The van der Waals surface area contributed by atoms with E-state index in [1.165, 1.54) is 51.4 Å². The average Bonchev–Trinajstić information content (AvgIpc) is 2.42. The van der Waals surface area contributed by atoms with Crippen LogP contribution in [-0.4, -0.2) is 37.9 Å². The van der Waals surface area contributed by atoms with Crippen LogP contribution >= 0.6 is 0 Å². The van der Waals surface area contributed by atoms with Crippen LogP contribution in [0.15, 0.2) is 4.99 Å². The highest BCUT2D eigenvalue weighted by Crippen LogP contribution is 2.17. The lowest BCUT2D eigenvalue weighted by Crippen LogP contribution is -2.22. The second-order valence-electron chi connectivity index (χ2n) is 6.24. The van der Waals surface area contributed by atoms with E-state index in [1.54, 1.807) is 0 Å². The van der Waals surface area contributed by atoms with Gasteiger partial charge in [0.1, 0.15) is 0 Å². The molecule has 0 radical (unpaired) electrons. The molecule has 0 aromatic carbocycles. The van der Waals surface area contributed by atoms with Crippen molar-refractivity contribution in [2.24, 2.45) is 16.6 Å². The average molecular weight is 284 g/mol. The topological polar surface area (TPSA) is 41.6 Å². The van der Waals surface area contributed by atoms with Gasteiger partial charge in [-0.15, -0.1) is 0 Å². The molecule has 0 aliphatic rings. The van der Waals surface area contributed by atoms with E-state index in [0.29, 0.717) is 0 Å². The first-order valence-electron chi connectivity index (χ1n) is 8.53. The van der Waals surface area contributed by atoms with E-state index in [-0.39, 0.29) is 0 Å². The molecular formula is C17H37N3. The fraction of sp³-hybridized carbons (Fsp3) is 0.941. The van der Waals surface area contributed by atoms with Crippen LogP contribution in [0.1, 0.15) is 71.6 Å². The van der Waals surface area contributed by atoms with Crippen LogP contribution in [0.3, 0.4) is 0 Å². The predicted molar refractivity (Wildman–Crippen MR) is 91.4 cm³/mol. The Kier molecular flexibility index (Phi) is 13.0. The van der Waals surface area contributed by atoms with Crippen molar-refractivity contribution in [3.63, 3.8) is 0 Å². The lowest BCUT2D eigenvalue weighted by Gasteiger charge is -2.14. The molecule has 0 aromatic rings. The van der Waals surface area contributed by atoms with E-state index in [1.807, 2.05) is 0 Å². The van der Waals surface area contributed by atoms with Crippen molar-refractivity contribution in [3.8, 4) is 0 Å². The highest BCUT2D eigenvalue weighted by Gasteiger charge is 2.07. The van der Waals surface area contributed by atoms with Crippen molar-refractivity contribution < 1.29 is 0 Å². The Hall–Kier alpha value is -0.570. The zero-order chi connectivity index (χ0) is 15.2. The molecule has 0 saturated carbocycles. The SMILES string of the molecule is CCCCCCCC(CCC)CN=C(N)CCN(C)C. The smallest absolute Gasteiger partial charge is 0.0950 e. The molecule has 0 aliphatic heterocycles. The Morgan fingerprint density at radius 2 is 1.70 bits per heavy atom. The molecule has 0 spiro atoms. The molecule has 0 fully saturated rings. The molecule has 0 rings (SSSR count). The van der Waals surface area contributed by atoms with E-state index in [2.05, 4.69) is 37.8 Å². The van der Waals surface area contributed by atoms with E-state index in [9.17, 15) is 0 Å². The molecule has 2 N–H and O–H groups in total. The third-order valence-corrected chi connectivity index (χ3v) is 3.78. The van der Waals surface area contributed by atoms with Crippen molar-refractivity contribution >= 4 is 5.84 Å². The zero-order valence-corrected chi connectivity index (χ0v) is 14.3. The van der Waals surface area contributed by atoms with Crippen LogP contribution < -0.4 is 5.73 Å². The summed E-state index contributed by atoms with van der Waals surface area (Å²) in [5.41, 5.74) is 5.98. The number of hydrogen-bond donors (Lipinski definition) is 1.